The Hall–Kier alpha value is -3.52. The summed E-state index contributed by atoms with van der Waals surface area (Å²) in [7, 11) is 1.59. The van der Waals surface area contributed by atoms with E-state index in [9.17, 15) is 13.6 Å². The van der Waals surface area contributed by atoms with E-state index >= 15 is 0 Å². The Morgan fingerprint density at radius 2 is 1.87 bits per heavy atom. The van der Waals surface area contributed by atoms with Gasteiger partial charge in [-0.2, -0.15) is 8.78 Å². The van der Waals surface area contributed by atoms with Crippen LogP contribution in [0.1, 0.15) is 24.4 Å². The van der Waals surface area contributed by atoms with Crippen molar-refractivity contribution in [3.05, 3.63) is 82.5 Å². The van der Waals surface area contributed by atoms with E-state index in [1.807, 2.05) is 29.7 Å². The summed E-state index contributed by atoms with van der Waals surface area (Å²) in [5.74, 6) is 0.787. The number of nitrogens with zero attached hydrogens (tertiary/aromatic N) is 2. The van der Waals surface area contributed by atoms with E-state index in [1.54, 1.807) is 37.6 Å². The molecule has 0 aliphatic carbocycles. The van der Waals surface area contributed by atoms with Gasteiger partial charge in [-0.05, 0) is 42.3 Å². The average molecular weight is 425 g/mol. The number of para-hydroxylation sites is 1. The molecule has 2 heterocycles. The number of halogens is 2. The molecule has 0 aliphatic heterocycles. The maximum absolute atomic E-state index is 12.9. The number of aromatic amines is 1. The lowest BCUT2D eigenvalue weighted by Gasteiger charge is -2.16. The van der Waals surface area contributed by atoms with Crippen molar-refractivity contribution in [2.75, 3.05) is 7.11 Å². The molecule has 0 saturated carbocycles. The van der Waals surface area contributed by atoms with E-state index in [-0.39, 0.29) is 24.0 Å². The molecule has 0 aliphatic rings. The van der Waals surface area contributed by atoms with E-state index in [2.05, 4.69) is 4.98 Å². The molecule has 0 amide bonds. The fraction of sp³-hybridized carbons (Fsp3) is 0.217. The van der Waals surface area contributed by atoms with Crippen LogP contribution < -0.4 is 10.3 Å². The van der Waals surface area contributed by atoms with Crippen molar-refractivity contribution in [3.8, 4) is 16.9 Å². The van der Waals surface area contributed by atoms with Crippen LogP contribution in [0, 0.1) is 0 Å². The molecule has 4 aromatic rings. The highest BCUT2D eigenvalue weighted by atomic mass is 19.3. The van der Waals surface area contributed by atoms with Gasteiger partial charge in [0.05, 0.1) is 17.6 Å². The largest absolute Gasteiger partial charge is 0.434 e. The topological polar surface area (TPSA) is 69.1 Å². The minimum atomic E-state index is -2.91. The molecule has 0 spiro atoms. The Balaban J connectivity index is 1.84. The third kappa shape index (κ3) is 4.34. The average Bonchev–Trinajstić information content (AvgIpc) is 3.12. The van der Waals surface area contributed by atoms with E-state index in [4.69, 9.17) is 14.5 Å². The zero-order valence-corrected chi connectivity index (χ0v) is 17.0. The van der Waals surface area contributed by atoms with Gasteiger partial charge in [-0.15, -0.1) is 0 Å². The standard InChI is InChI=1S/C23H21F2N3O3/c1-14(30-2)22-27-18-9-7-15(16-8-10-21(29)26-12-16)11-19(18)28(22)13-17-5-3-4-6-20(17)31-23(24)25/h3-12,14,23H,13H2,1-2H3,(H,26,29)/t14-/m0/s1. The fourth-order valence-corrected chi connectivity index (χ4v) is 3.51. The van der Waals surface area contributed by atoms with Gasteiger partial charge in [0.15, 0.2) is 0 Å². The van der Waals surface area contributed by atoms with Crippen molar-refractivity contribution in [2.24, 2.45) is 0 Å². The van der Waals surface area contributed by atoms with Crippen LogP contribution in [0.5, 0.6) is 5.75 Å². The van der Waals surface area contributed by atoms with Crippen LogP contribution in [-0.2, 0) is 11.3 Å². The first kappa shape index (κ1) is 20.7. The Morgan fingerprint density at radius 3 is 2.58 bits per heavy atom. The lowest BCUT2D eigenvalue weighted by Crippen LogP contribution is -2.11. The van der Waals surface area contributed by atoms with Gasteiger partial charge < -0.3 is 19.0 Å². The number of imidazole rings is 1. The van der Waals surface area contributed by atoms with E-state index in [0.717, 1.165) is 22.2 Å². The van der Waals surface area contributed by atoms with Gasteiger partial charge in [0.2, 0.25) is 5.56 Å². The number of hydrogen-bond donors (Lipinski definition) is 1. The number of ether oxygens (including phenoxy) is 2. The number of nitrogens with one attached hydrogen (secondary N) is 1. The third-order valence-corrected chi connectivity index (χ3v) is 5.13. The zero-order chi connectivity index (χ0) is 22.0. The van der Waals surface area contributed by atoms with Crippen LogP contribution >= 0.6 is 0 Å². The molecule has 4 rings (SSSR count). The van der Waals surface area contributed by atoms with Crippen LogP contribution in [0.25, 0.3) is 22.2 Å². The number of pyridine rings is 1. The second-order valence-electron chi connectivity index (χ2n) is 7.07. The zero-order valence-electron chi connectivity index (χ0n) is 17.0. The quantitative estimate of drug-likeness (QED) is 0.464. The lowest BCUT2D eigenvalue weighted by atomic mass is 10.1. The van der Waals surface area contributed by atoms with Gasteiger partial charge in [0.1, 0.15) is 17.7 Å². The second-order valence-corrected chi connectivity index (χ2v) is 7.07. The molecule has 6 nitrogen and oxygen atoms in total. The molecular formula is C23H21F2N3O3. The molecule has 0 saturated heterocycles. The molecule has 2 aromatic carbocycles. The highest BCUT2D eigenvalue weighted by Gasteiger charge is 2.19. The molecule has 1 atom stereocenters. The molecule has 160 valence electrons. The van der Waals surface area contributed by atoms with Crippen LogP contribution in [0.4, 0.5) is 8.78 Å². The summed E-state index contributed by atoms with van der Waals surface area (Å²) in [6.07, 6.45) is 1.33. The predicted molar refractivity (Wildman–Crippen MR) is 113 cm³/mol. The summed E-state index contributed by atoms with van der Waals surface area (Å²) in [6.45, 7) is -0.760. The number of hydrogen-bond acceptors (Lipinski definition) is 4. The van der Waals surface area contributed by atoms with Crippen LogP contribution in [-0.4, -0.2) is 28.3 Å². The maximum atomic E-state index is 12.9. The van der Waals surface area contributed by atoms with Crippen LogP contribution in [0.2, 0.25) is 0 Å². The molecule has 1 N–H and O–H groups in total. The van der Waals surface area contributed by atoms with E-state index < -0.39 is 6.61 Å². The number of rotatable bonds is 7. The summed E-state index contributed by atoms with van der Waals surface area (Å²) in [5.41, 5.74) is 3.72. The Kier molecular flexibility index (Phi) is 5.81. The summed E-state index contributed by atoms with van der Waals surface area (Å²) < 4.78 is 37.9. The van der Waals surface area contributed by atoms with Crippen LogP contribution in [0.3, 0.4) is 0 Å². The van der Waals surface area contributed by atoms with Crippen LogP contribution in [0.15, 0.2) is 65.6 Å². The number of alkyl halides is 2. The first-order chi connectivity index (χ1) is 15.0. The van der Waals surface area contributed by atoms with Crippen molar-refractivity contribution < 1.29 is 18.3 Å². The van der Waals surface area contributed by atoms with Gasteiger partial charge in [0, 0.05) is 24.9 Å². The summed E-state index contributed by atoms with van der Waals surface area (Å²) >= 11 is 0. The van der Waals surface area contributed by atoms with Gasteiger partial charge in [-0.3, -0.25) is 4.79 Å². The number of methoxy groups -OCH3 is 1. The first-order valence-corrected chi connectivity index (χ1v) is 9.71. The number of fused-ring (bicyclic) bond motifs is 1. The summed E-state index contributed by atoms with van der Waals surface area (Å²) in [5, 5.41) is 0. The third-order valence-electron chi connectivity index (χ3n) is 5.13. The summed E-state index contributed by atoms with van der Waals surface area (Å²) in [4.78, 5) is 18.8. The predicted octanol–water partition coefficient (Wildman–Crippen LogP) is 4.75. The molecule has 0 bridgehead atoms. The van der Waals surface area contributed by atoms with Crippen molar-refractivity contribution in [1.29, 1.82) is 0 Å². The van der Waals surface area contributed by atoms with E-state index in [1.165, 1.54) is 12.1 Å². The molecule has 8 heteroatoms. The molecule has 0 radical (unpaired) electrons. The Bertz CT molecular complexity index is 1250. The van der Waals surface area contributed by atoms with Crippen molar-refractivity contribution in [2.45, 2.75) is 26.2 Å². The minimum Gasteiger partial charge on any atom is -0.434 e. The number of benzene rings is 2. The van der Waals surface area contributed by atoms with E-state index in [0.29, 0.717) is 11.4 Å². The van der Waals surface area contributed by atoms with Gasteiger partial charge in [-0.25, -0.2) is 4.98 Å². The monoisotopic (exact) mass is 425 g/mol. The second kappa shape index (κ2) is 8.69. The van der Waals surface area contributed by atoms with Crippen molar-refractivity contribution >= 4 is 11.0 Å². The Morgan fingerprint density at radius 1 is 1.10 bits per heavy atom. The molecule has 31 heavy (non-hydrogen) atoms. The molecular weight excluding hydrogens is 404 g/mol. The molecule has 0 fully saturated rings. The Labute approximate surface area is 177 Å². The highest BCUT2D eigenvalue weighted by Crippen LogP contribution is 2.30. The highest BCUT2D eigenvalue weighted by molar-refractivity contribution is 5.82. The number of H-pyrrole nitrogens is 1. The number of aromatic nitrogens is 3. The summed E-state index contributed by atoms with van der Waals surface area (Å²) in [6, 6.07) is 15.7. The normalized spacial score (nSPS) is 12.4. The van der Waals surface area contributed by atoms with Gasteiger partial charge in [-0.1, -0.05) is 24.3 Å². The molecule has 2 aromatic heterocycles. The fourth-order valence-electron chi connectivity index (χ4n) is 3.51. The smallest absolute Gasteiger partial charge is 0.387 e. The maximum Gasteiger partial charge on any atom is 0.387 e. The lowest BCUT2D eigenvalue weighted by molar-refractivity contribution is -0.0505. The first-order valence-electron chi connectivity index (χ1n) is 9.71. The van der Waals surface area contributed by atoms with Gasteiger partial charge >= 0.3 is 6.61 Å². The van der Waals surface area contributed by atoms with Crippen molar-refractivity contribution in [1.82, 2.24) is 14.5 Å². The molecule has 0 unspecified atom stereocenters. The SMILES string of the molecule is CO[C@@H](C)c1nc2ccc(-c3ccc(=O)[nH]c3)cc2n1Cc1ccccc1OC(F)F. The van der Waals surface area contributed by atoms with Gasteiger partial charge in [0.25, 0.3) is 0 Å². The minimum absolute atomic E-state index is 0.118. The van der Waals surface area contributed by atoms with Crippen molar-refractivity contribution in [3.63, 3.8) is 0 Å².